The monoisotopic (exact) mass is 669 g/mol. The number of H-pyrrole nitrogens is 1. The number of fused-ring (bicyclic) bond motifs is 1. The van der Waals surface area contributed by atoms with E-state index in [1.807, 2.05) is 70.2 Å². The molecular formula is C34H39N9O4S. The molecule has 13 nitrogen and oxygen atoms in total. The number of aromatic nitrogens is 4. The summed E-state index contributed by atoms with van der Waals surface area (Å²) in [7, 11) is 2.09. The Labute approximate surface area is 282 Å². The maximum absolute atomic E-state index is 13.8. The summed E-state index contributed by atoms with van der Waals surface area (Å²) in [6.07, 6.45) is -0.605. The standard InChI is InChI=1S/C34H39N9O4S/c1-6-43-27(18-21(2)40-43)31(45)35-26-19-23(42-16-14-41(5)15-17-42)12-13-24(26)30(44)36-29-25-20-28(48-32(25)39-38-29)47-33(46)37-34(3,4)22-10-8-7-9-11-22/h7-13,18-20H,6,14-17H2,1-5H3,(H,35,45)(H,37,46)(H2,36,38,39,44). The first-order chi connectivity index (χ1) is 23.0. The molecule has 0 spiro atoms. The lowest BCUT2D eigenvalue weighted by atomic mass is 9.95. The average molecular weight is 670 g/mol. The van der Waals surface area contributed by atoms with Crippen LogP contribution in [-0.2, 0) is 12.1 Å². The summed E-state index contributed by atoms with van der Waals surface area (Å²) in [6.45, 7) is 11.5. The first-order valence-electron chi connectivity index (χ1n) is 15.8. The SMILES string of the molecule is CCn1nc(C)cc1C(=O)Nc1cc(N2CCN(C)CC2)ccc1C(=O)Nc1n[nH]c2sc(OC(=O)NC(C)(C)c3ccccc3)cc12. The second-order valence-electron chi connectivity index (χ2n) is 12.3. The molecule has 3 amide bonds. The van der Waals surface area contributed by atoms with Crippen molar-refractivity contribution in [1.82, 2.24) is 30.2 Å². The molecule has 4 N–H and O–H groups in total. The van der Waals surface area contributed by atoms with Gasteiger partial charge in [0, 0.05) is 44.5 Å². The fourth-order valence-electron chi connectivity index (χ4n) is 5.66. The Hall–Kier alpha value is -5.21. The van der Waals surface area contributed by atoms with Crippen LogP contribution in [0.4, 0.5) is 22.0 Å². The van der Waals surface area contributed by atoms with Gasteiger partial charge in [-0.2, -0.15) is 10.2 Å². The van der Waals surface area contributed by atoms with Crippen molar-refractivity contribution < 1.29 is 19.1 Å². The highest BCUT2D eigenvalue weighted by atomic mass is 32.1. The molecule has 6 rings (SSSR count). The van der Waals surface area contributed by atoms with Gasteiger partial charge in [0.25, 0.3) is 11.8 Å². The van der Waals surface area contributed by atoms with Crippen LogP contribution < -0.4 is 25.6 Å². The van der Waals surface area contributed by atoms with Crippen LogP contribution >= 0.6 is 11.3 Å². The van der Waals surface area contributed by atoms with Crippen molar-refractivity contribution in [3.05, 3.63) is 83.2 Å². The van der Waals surface area contributed by atoms with Gasteiger partial charge in [0.1, 0.15) is 10.5 Å². The predicted molar refractivity (Wildman–Crippen MR) is 187 cm³/mol. The molecule has 3 aromatic heterocycles. The molecule has 0 atom stereocenters. The minimum absolute atomic E-state index is 0.269. The molecule has 0 bridgehead atoms. The Kier molecular flexibility index (Phi) is 9.20. The normalized spacial score (nSPS) is 13.8. The van der Waals surface area contributed by atoms with Gasteiger partial charge in [0.15, 0.2) is 10.9 Å². The molecule has 14 heteroatoms. The smallest absolute Gasteiger partial charge is 0.399 e. The van der Waals surface area contributed by atoms with Gasteiger partial charge in [-0.3, -0.25) is 19.4 Å². The van der Waals surface area contributed by atoms with Gasteiger partial charge in [-0.25, -0.2) is 4.79 Å². The van der Waals surface area contributed by atoms with Crippen LogP contribution in [0.1, 0.15) is 52.9 Å². The van der Waals surface area contributed by atoms with E-state index in [9.17, 15) is 14.4 Å². The van der Waals surface area contributed by atoms with Crippen LogP contribution in [0.25, 0.3) is 10.2 Å². The first kappa shape index (κ1) is 32.7. The lowest BCUT2D eigenvalue weighted by molar-refractivity contribution is 0.101. The molecule has 0 unspecified atom stereocenters. The van der Waals surface area contributed by atoms with Crippen molar-refractivity contribution in [2.24, 2.45) is 0 Å². The van der Waals surface area contributed by atoms with E-state index in [2.05, 4.69) is 48.1 Å². The summed E-state index contributed by atoms with van der Waals surface area (Å²) < 4.78 is 7.24. The summed E-state index contributed by atoms with van der Waals surface area (Å²) in [5.74, 6) is -0.552. The number of anilines is 3. The maximum Gasteiger partial charge on any atom is 0.414 e. The van der Waals surface area contributed by atoms with E-state index in [1.165, 1.54) is 11.3 Å². The van der Waals surface area contributed by atoms with Crippen molar-refractivity contribution in [2.75, 3.05) is 48.8 Å². The molecule has 4 heterocycles. The fourth-order valence-corrected chi connectivity index (χ4v) is 6.52. The Morgan fingerprint density at radius 3 is 2.46 bits per heavy atom. The highest BCUT2D eigenvalue weighted by Crippen LogP contribution is 2.35. The number of nitrogens with zero attached hydrogens (tertiary/aromatic N) is 5. The quantitative estimate of drug-likeness (QED) is 0.162. The van der Waals surface area contributed by atoms with Crippen LogP contribution in [0, 0.1) is 6.92 Å². The number of piperazine rings is 1. The highest BCUT2D eigenvalue weighted by Gasteiger charge is 2.26. The van der Waals surface area contributed by atoms with Gasteiger partial charge in [-0.15, -0.1) is 0 Å². The van der Waals surface area contributed by atoms with Crippen molar-refractivity contribution in [2.45, 2.75) is 39.8 Å². The molecule has 1 saturated heterocycles. The molecule has 0 radical (unpaired) electrons. The van der Waals surface area contributed by atoms with Crippen LogP contribution in [-0.4, -0.2) is 76.0 Å². The molecule has 1 aliphatic rings. The van der Waals surface area contributed by atoms with Crippen molar-refractivity contribution in [3.8, 4) is 5.06 Å². The zero-order chi connectivity index (χ0) is 34.0. The summed E-state index contributed by atoms with van der Waals surface area (Å²) in [6, 6.07) is 18.4. The van der Waals surface area contributed by atoms with Crippen molar-refractivity contribution in [1.29, 1.82) is 0 Å². The number of rotatable bonds is 9. The number of thiophene rings is 1. The van der Waals surface area contributed by atoms with Crippen molar-refractivity contribution >= 4 is 56.7 Å². The topological polar surface area (TPSA) is 150 Å². The number of carbonyl (C=O) groups excluding carboxylic acids is 3. The number of benzene rings is 2. The molecule has 48 heavy (non-hydrogen) atoms. The van der Waals surface area contributed by atoms with Gasteiger partial charge in [-0.05, 0) is 64.6 Å². The van der Waals surface area contributed by atoms with Gasteiger partial charge >= 0.3 is 6.09 Å². The van der Waals surface area contributed by atoms with Crippen LogP contribution in [0.15, 0.2) is 60.7 Å². The molecule has 0 aliphatic carbocycles. The minimum atomic E-state index is -0.654. The summed E-state index contributed by atoms with van der Waals surface area (Å²) in [5.41, 5.74) is 2.96. The van der Waals surface area contributed by atoms with E-state index in [0.29, 0.717) is 33.2 Å². The largest absolute Gasteiger partial charge is 0.414 e. The van der Waals surface area contributed by atoms with Crippen LogP contribution in [0.3, 0.4) is 0 Å². The Morgan fingerprint density at radius 1 is 0.979 bits per heavy atom. The second kappa shape index (κ2) is 13.5. The summed E-state index contributed by atoms with van der Waals surface area (Å²) in [5, 5.41) is 21.2. The fraction of sp³-hybridized carbons (Fsp3) is 0.324. The predicted octanol–water partition coefficient (Wildman–Crippen LogP) is 5.43. The number of ether oxygens (including phenoxy) is 1. The Morgan fingerprint density at radius 2 is 1.73 bits per heavy atom. The zero-order valence-corrected chi connectivity index (χ0v) is 28.4. The Balaban J connectivity index is 1.22. The maximum atomic E-state index is 13.8. The number of hydrogen-bond donors (Lipinski definition) is 4. The third-order valence-electron chi connectivity index (χ3n) is 8.37. The molecule has 1 fully saturated rings. The van der Waals surface area contributed by atoms with Gasteiger partial charge in [-0.1, -0.05) is 41.7 Å². The molecule has 5 aromatic rings. The van der Waals surface area contributed by atoms with Crippen molar-refractivity contribution in [3.63, 3.8) is 0 Å². The molecule has 1 aliphatic heterocycles. The van der Waals surface area contributed by atoms with E-state index in [1.54, 1.807) is 22.9 Å². The number of amides is 3. The highest BCUT2D eigenvalue weighted by molar-refractivity contribution is 7.20. The van der Waals surface area contributed by atoms with Crippen LogP contribution in [0.5, 0.6) is 5.06 Å². The van der Waals surface area contributed by atoms with Gasteiger partial charge in [0.2, 0.25) is 0 Å². The number of likely N-dealkylation sites (N-methyl/N-ethyl adjacent to an activating group) is 1. The number of aryl methyl sites for hydroxylation is 2. The lowest BCUT2D eigenvalue weighted by Crippen LogP contribution is -2.44. The number of aromatic amines is 1. The molecule has 250 valence electrons. The van der Waals surface area contributed by atoms with E-state index >= 15 is 0 Å². The van der Waals surface area contributed by atoms with Gasteiger partial charge < -0.3 is 30.5 Å². The average Bonchev–Trinajstić information content (AvgIpc) is 3.76. The second-order valence-corrected chi connectivity index (χ2v) is 13.3. The number of hydrogen-bond acceptors (Lipinski definition) is 9. The number of carbonyl (C=O) groups is 3. The van der Waals surface area contributed by atoms with E-state index in [0.717, 1.165) is 43.1 Å². The van der Waals surface area contributed by atoms with E-state index < -0.39 is 17.5 Å². The zero-order valence-electron chi connectivity index (χ0n) is 27.6. The van der Waals surface area contributed by atoms with E-state index in [4.69, 9.17) is 4.74 Å². The third-order valence-corrected chi connectivity index (χ3v) is 9.29. The van der Waals surface area contributed by atoms with E-state index in [-0.39, 0.29) is 17.3 Å². The lowest BCUT2D eigenvalue weighted by Gasteiger charge is -2.34. The number of nitrogens with one attached hydrogen (secondary N) is 4. The minimum Gasteiger partial charge on any atom is -0.399 e. The first-order valence-corrected chi connectivity index (χ1v) is 16.6. The summed E-state index contributed by atoms with van der Waals surface area (Å²) in [4.78, 5) is 45.2. The van der Waals surface area contributed by atoms with Crippen LogP contribution in [0.2, 0.25) is 0 Å². The van der Waals surface area contributed by atoms with Gasteiger partial charge in [0.05, 0.1) is 27.9 Å². The summed E-state index contributed by atoms with van der Waals surface area (Å²) >= 11 is 1.20. The molecular weight excluding hydrogens is 630 g/mol. The molecule has 0 saturated carbocycles. The third kappa shape index (κ3) is 7.04. The Bertz CT molecular complexity index is 1960. The molecule has 2 aromatic carbocycles.